The maximum absolute atomic E-state index is 12.6. The molecule has 6 heteroatoms. The molecule has 0 unspecified atom stereocenters. The monoisotopic (exact) mass is 546 g/mol. The van der Waals surface area contributed by atoms with E-state index in [1.165, 1.54) is 29.7 Å². The van der Waals surface area contributed by atoms with Gasteiger partial charge in [0.2, 0.25) is 0 Å². The van der Waals surface area contributed by atoms with Crippen molar-refractivity contribution in [1.82, 2.24) is 4.31 Å². The summed E-state index contributed by atoms with van der Waals surface area (Å²) in [5.41, 5.74) is 1.77. The van der Waals surface area contributed by atoms with Gasteiger partial charge in [-0.05, 0) is 6.92 Å². The Hall–Kier alpha value is -1.16. The van der Waals surface area contributed by atoms with Crippen LogP contribution < -0.4 is 0 Å². The summed E-state index contributed by atoms with van der Waals surface area (Å²) in [6.07, 6.45) is 3.54. The van der Waals surface area contributed by atoms with E-state index in [0.717, 1.165) is 15.0 Å². The van der Waals surface area contributed by atoms with Gasteiger partial charge in [-0.2, -0.15) is 0 Å². The van der Waals surface area contributed by atoms with Crippen LogP contribution in [0.15, 0.2) is 41.3 Å². The summed E-state index contributed by atoms with van der Waals surface area (Å²) in [6, 6.07) is 7.39. The van der Waals surface area contributed by atoms with Gasteiger partial charge >= 0.3 is 138 Å². The molecule has 1 aromatic carbocycles. The molecule has 0 aliphatic rings. The van der Waals surface area contributed by atoms with E-state index in [4.69, 9.17) is 6.58 Å². The molecule has 4 nitrogen and oxygen atoms in total. The summed E-state index contributed by atoms with van der Waals surface area (Å²) in [6.45, 7) is 15.6. The molecule has 0 saturated carbocycles. The Kier molecular flexibility index (Phi) is 11.7. The van der Waals surface area contributed by atoms with Gasteiger partial charge in [-0.25, -0.2) is 0 Å². The van der Waals surface area contributed by atoms with E-state index >= 15 is 0 Å². The van der Waals surface area contributed by atoms with Crippen LogP contribution in [0.3, 0.4) is 0 Å². The van der Waals surface area contributed by atoms with Gasteiger partial charge in [-0.3, -0.25) is 4.79 Å². The van der Waals surface area contributed by atoms with Crippen molar-refractivity contribution in [1.29, 1.82) is 0 Å². The number of hydrogen-bond donors (Lipinski definition) is 0. The summed E-state index contributed by atoms with van der Waals surface area (Å²) in [4.78, 5) is 11.0. The van der Waals surface area contributed by atoms with Gasteiger partial charge in [0.25, 0.3) is 0 Å². The van der Waals surface area contributed by atoms with Crippen LogP contribution in [-0.4, -0.2) is 28.9 Å². The van der Waals surface area contributed by atoms with Gasteiger partial charge in [0.15, 0.2) is 0 Å². The van der Waals surface area contributed by atoms with Gasteiger partial charge in [0.05, 0.1) is 0 Å². The van der Waals surface area contributed by atoms with Crippen LogP contribution in [0.25, 0.3) is 0 Å². The van der Waals surface area contributed by atoms with Crippen molar-refractivity contribution in [2.45, 2.75) is 47.6 Å². The van der Waals surface area contributed by atoms with Crippen molar-refractivity contribution < 1.29 is 32.6 Å². The fraction of sp³-hybridized carbons (Fsp3) is 0.400. The second-order valence-corrected chi connectivity index (χ2v) is 9.72. The molecule has 1 rings (SSSR count). The molecule has 0 atom stereocenters. The first kappa shape index (κ1) is 24.8. The fourth-order valence-electron chi connectivity index (χ4n) is 2.05. The molecule has 0 fully saturated rings. The van der Waals surface area contributed by atoms with Crippen LogP contribution in [0.2, 0.25) is 0 Å². The van der Waals surface area contributed by atoms with E-state index in [2.05, 4.69) is 0 Å². The van der Waals surface area contributed by atoms with Crippen LogP contribution >= 0.6 is 0 Å². The van der Waals surface area contributed by atoms with Crippen molar-refractivity contribution in [2.24, 2.45) is 0 Å². The first-order valence-electron chi connectivity index (χ1n) is 8.55. The van der Waals surface area contributed by atoms with Gasteiger partial charge in [0, 0.05) is 0 Å². The standard InChI is InChI=1S/C18H22NO3S.C2H6.W/c1-5-7-8-16(4)23(21,22)19(6-2)14-18-11-9-17(10-12-18)13-15(3)20;1-2;/h4,7-12H,6,13-14H2,1-3H3;1-2H3;/q-1;;. The van der Waals surface area contributed by atoms with E-state index in [0.29, 0.717) is 13.0 Å². The summed E-state index contributed by atoms with van der Waals surface area (Å²) in [5, 5.41) is 0. The third kappa shape index (κ3) is 8.48. The zero-order valence-corrected chi connectivity index (χ0v) is 19.9. The minimum atomic E-state index is -3.69. The third-order valence-electron chi connectivity index (χ3n) is 3.31. The number of sulfonamides is 1. The predicted octanol–water partition coefficient (Wildman–Crippen LogP) is 3.61. The average Bonchev–Trinajstić information content (AvgIpc) is 2.59. The number of ketones is 1. The van der Waals surface area contributed by atoms with E-state index < -0.39 is 10.0 Å². The SMILES string of the molecule is CC.[CH-]=C(C=C[C](C)=[W])S(=O)(=O)N(CC)Cc1ccc(CC(C)=O)cc1. The third-order valence-corrected chi connectivity index (χ3v) is 5.60. The fourth-order valence-corrected chi connectivity index (χ4v) is 3.50. The minimum absolute atomic E-state index is 0.0968. The molecule has 0 bridgehead atoms. The number of Topliss-reactive ketones (excluding diaryl/α,β-unsaturated/α-hetero) is 1. The molecule has 26 heavy (non-hydrogen) atoms. The molecule has 0 aliphatic carbocycles. The Morgan fingerprint density at radius 1 is 1.12 bits per heavy atom. The van der Waals surface area contributed by atoms with Crippen molar-refractivity contribution >= 4 is 19.7 Å². The second kappa shape index (κ2) is 12.3. The first-order valence-corrected chi connectivity index (χ1v) is 11.5. The van der Waals surface area contributed by atoms with E-state index in [9.17, 15) is 13.2 Å². The van der Waals surface area contributed by atoms with Gasteiger partial charge in [0.1, 0.15) is 5.78 Å². The number of nitrogens with zero attached hydrogens (tertiary/aromatic N) is 1. The molecule has 0 aliphatic heterocycles. The molecule has 0 aromatic heterocycles. The number of carbonyl (C=O) groups excluding carboxylic acids is 1. The molecule has 0 heterocycles. The average molecular weight is 546 g/mol. The second-order valence-electron chi connectivity index (χ2n) is 5.47. The van der Waals surface area contributed by atoms with Crippen LogP contribution in [0, 0.1) is 6.58 Å². The maximum atomic E-state index is 12.6. The Morgan fingerprint density at radius 3 is 2.04 bits per heavy atom. The Balaban J connectivity index is 0.00000301. The quantitative estimate of drug-likeness (QED) is 0.352. The predicted molar refractivity (Wildman–Crippen MR) is 105 cm³/mol. The molecular weight excluding hydrogens is 518 g/mol. The van der Waals surface area contributed by atoms with E-state index in [1.54, 1.807) is 19.9 Å². The van der Waals surface area contributed by atoms with Gasteiger partial charge < -0.3 is 0 Å². The molecule has 0 N–H and O–H groups in total. The zero-order valence-electron chi connectivity index (χ0n) is 16.2. The molecule has 0 amide bonds. The summed E-state index contributed by atoms with van der Waals surface area (Å²) in [7, 11) is -3.69. The van der Waals surface area contributed by atoms with E-state index in [-0.39, 0.29) is 17.2 Å². The number of rotatable bonds is 9. The van der Waals surface area contributed by atoms with E-state index in [1.807, 2.05) is 45.0 Å². The first-order chi connectivity index (χ1) is 12.2. The number of benzene rings is 1. The Labute approximate surface area is 169 Å². The molecule has 0 spiro atoms. The molecular formula is C20H28NO3SW-. The van der Waals surface area contributed by atoms with Crippen LogP contribution in [0.1, 0.15) is 45.7 Å². The Bertz CT molecular complexity index is 750. The summed E-state index contributed by atoms with van der Waals surface area (Å²) < 4.78 is 27.5. The van der Waals surface area contributed by atoms with Crippen molar-refractivity contribution in [3.63, 3.8) is 0 Å². The summed E-state index contributed by atoms with van der Waals surface area (Å²) in [5.74, 6) is 0.0968. The summed E-state index contributed by atoms with van der Waals surface area (Å²) >= 11 is 1.27. The zero-order chi connectivity index (χ0) is 20.3. The van der Waals surface area contributed by atoms with Crippen LogP contribution in [-0.2, 0) is 47.1 Å². The molecule has 1 aromatic rings. The normalized spacial score (nSPS) is 11.2. The van der Waals surface area contributed by atoms with Crippen molar-refractivity contribution in [3.05, 3.63) is 59.0 Å². The Morgan fingerprint density at radius 2 is 1.62 bits per heavy atom. The van der Waals surface area contributed by atoms with Gasteiger partial charge in [-0.1, -0.05) is 13.8 Å². The molecule has 144 valence electrons. The van der Waals surface area contributed by atoms with Crippen molar-refractivity contribution in [3.8, 4) is 0 Å². The number of allylic oxidation sites excluding steroid dienone is 2. The van der Waals surface area contributed by atoms with Crippen molar-refractivity contribution in [2.75, 3.05) is 6.54 Å². The number of hydrogen-bond acceptors (Lipinski definition) is 3. The molecule has 0 radical (unpaired) electrons. The number of carbonyl (C=O) groups is 1. The molecule has 0 saturated heterocycles. The topological polar surface area (TPSA) is 54.5 Å². The van der Waals surface area contributed by atoms with Gasteiger partial charge in [-0.15, -0.1) is 0 Å². The van der Waals surface area contributed by atoms with Crippen LogP contribution in [0.4, 0.5) is 0 Å². The van der Waals surface area contributed by atoms with Crippen LogP contribution in [0.5, 0.6) is 0 Å².